The fraction of sp³-hybridized carbons (Fsp3) is 0.545. The summed E-state index contributed by atoms with van der Waals surface area (Å²) < 4.78 is 2.29. The first-order chi connectivity index (χ1) is 12.9. The molecule has 146 valence electrons. The molecule has 2 aromatic rings. The number of nitrogens with zero attached hydrogens (tertiary/aromatic N) is 3. The van der Waals surface area contributed by atoms with E-state index in [2.05, 4.69) is 68.0 Å². The monoisotopic (exact) mass is 367 g/mol. The average Bonchev–Trinajstić information content (AvgIpc) is 2.92. The Bertz CT molecular complexity index is 857. The van der Waals surface area contributed by atoms with E-state index >= 15 is 0 Å². The van der Waals surface area contributed by atoms with Gasteiger partial charge in [-0.25, -0.2) is 4.98 Å². The molecule has 5 nitrogen and oxygen atoms in total. The molecule has 0 fully saturated rings. The Morgan fingerprint density at radius 3 is 2.70 bits per heavy atom. The Hall–Kier alpha value is -2.14. The van der Waals surface area contributed by atoms with E-state index in [9.17, 15) is 0 Å². The molecular weight excluding hydrogens is 334 g/mol. The largest absolute Gasteiger partial charge is 0.356 e. The third-order valence-electron chi connectivity index (χ3n) is 4.92. The van der Waals surface area contributed by atoms with E-state index in [0.29, 0.717) is 6.04 Å². The number of benzene rings is 1. The van der Waals surface area contributed by atoms with Gasteiger partial charge >= 0.3 is 0 Å². The lowest BCUT2D eigenvalue weighted by molar-refractivity contribution is 0.577. The summed E-state index contributed by atoms with van der Waals surface area (Å²) in [6.07, 6.45) is 5.48. The molecular formula is C22H33N5. The molecule has 0 aliphatic carbocycles. The maximum atomic E-state index is 4.93. The maximum Gasteiger partial charge on any atom is 0.204 e. The van der Waals surface area contributed by atoms with Crippen LogP contribution in [0.2, 0.25) is 0 Å². The molecule has 0 spiro atoms. The van der Waals surface area contributed by atoms with Crippen LogP contribution in [0.4, 0.5) is 5.95 Å². The van der Waals surface area contributed by atoms with Crippen molar-refractivity contribution in [3.05, 3.63) is 35.0 Å². The van der Waals surface area contributed by atoms with Crippen LogP contribution in [0.1, 0.15) is 51.2 Å². The van der Waals surface area contributed by atoms with E-state index in [4.69, 9.17) is 9.98 Å². The van der Waals surface area contributed by atoms with Crippen molar-refractivity contribution in [1.82, 2.24) is 14.9 Å². The first-order valence-electron chi connectivity index (χ1n) is 10.1. The predicted molar refractivity (Wildman–Crippen MR) is 116 cm³/mol. The van der Waals surface area contributed by atoms with Crippen LogP contribution >= 0.6 is 0 Å². The second kappa shape index (κ2) is 8.70. The number of allylic oxidation sites excluding steroid dienone is 2. The van der Waals surface area contributed by atoms with Crippen LogP contribution in [0.5, 0.6) is 0 Å². The number of aryl methyl sites for hydroxylation is 2. The summed E-state index contributed by atoms with van der Waals surface area (Å²) in [6.45, 7) is 13.5. The number of nitrogens with one attached hydrogen (secondary N) is 2. The fourth-order valence-electron chi connectivity index (χ4n) is 3.60. The number of aliphatic imine (C=N–C) groups is 1. The van der Waals surface area contributed by atoms with Crippen LogP contribution in [0.25, 0.3) is 11.0 Å². The predicted octanol–water partition coefficient (Wildman–Crippen LogP) is 4.59. The number of fused-ring (bicyclic) bond motifs is 1. The molecule has 3 rings (SSSR count). The standard InChI is InChI=1S/C22H33N5/c1-15(2)23-10-7-11-24-22-26-21-17(4)12-16(3)13-20(21)27(22)14-19-9-6-8-18(5)25-19/h9,12-13,15,23H,6-8,10-11,14H2,1-5H3,(H,24,26). The van der Waals surface area contributed by atoms with Gasteiger partial charge in [0, 0.05) is 18.3 Å². The molecule has 0 saturated carbocycles. The highest BCUT2D eigenvalue weighted by molar-refractivity contribution is 5.84. The molecule has 0 bridgehead atoms. The zero-order chi connectivity index (χ0) is 19.4. The minimum absolute atomic E-state index is 0.527. The Kier molecular flexibility index (Phi) is 6.32. The van der Waals surface area contributed by atoms with Gasteiger partial charge in [0.25, 0.3) is 0 Å². The van der Waals surface area contributed by atoms with Crippen LogP contribution in [-0.2, 0) is 6.54 Å². The van der Waals surface area contributed by atoms with Crippen molar-refractivity contribution in [3.8, 4) is 0 Å². The number of rotatable bonds is 8. The van der Waals surface area contributed by atoms with E-state index in [1.54, 1.807) is 0 Å². The second-order valence-electron chi connectivity index (χ2n) is 7.94. The molecule has 1 aromatic carbocycles. The van der Waals surface area contributed by atoms with Crippen LogP contribution < -0.4 is 10.6 Å². The van der Waals surface area contributed by atoms with E-state index in [1.807, 2.05) is 0 Å². The topological polar surface area (TPSA) is 54.2 Å². The molecule has 0 amide bonds. The van der Waals surface area contributed by atoms with E-state index < -0.39 is 0 Å². The number of hydrogen-bond donors (Lipinski definition) is 2. The van der Waals surface area contributed by atoms with Crippen LogP contribution in [-0.4, -0.2) is 34.4 Å². The van der Waals surface area contributed by atoms with Gasteiger partial charge in [-0.3, -0.25) is 4.99 Å². The summed E-state index contributed by atoms with van der Waals surface area (Å²) in [6, 6.07) is 4.97. The summed E-state index contributed by atoms with van der Waals surface area (Å²) >= 11 is 0. The van der Waals surface area contributed by atoms with Crippen LogP contribution in [0, 0.1) is 13.8 Å². The first kappa shape index (κ1) is 19.6. The van der Waals surface area contributed by atoms with Gasteiger partial charge < -0.3 is 15.2 Å². The molecule has 0 saturated heterocycles. The molecule has 1 aromatic heterocycles. The average molecular weight is 368 g/mol. The summed E-state index contributed by atoms with van der Waals surface area (Å²) in [5, 5.41) is 7.03. The minimum Gasteiger partial charge on any atom is -0.356 e. The van der Waals surface area contributed by atoms with Crippen LogP contribution in [0.3, 0.4) is 0 Å². The summed E-state index contributed by atoms with van der Waals surface area (Å²) in [5.41, 5.74) is 7.13. The van der Waals surface area contributed by atoms with Crippen molar-refractivity contribution in [1.29, 1.82) is 0 Å². The SMILES string of the molecule is CC1=NC(Cn2c(NCCCNC(C)C)nc3c(C)cc(C)cc32)=CCC1. The highest BCUT2D eigenvalue weighted by Crippen LogP contribution is 2.26. The molecule has 1 aliphatic rings. The second-order valence-corrected chi connectivity index (χ2v) is 7.94. The van der Waals surface area contributed by atoms with Crippen molar-refractivity contribution in [2.45, 2.75) is 66.5 Å². The van der Waals surface area contributed by atoms with E-state index in [0.717, 1.165) is 56.1 Å². The molecule has 0 radical (unpaired) electrons. The molecule has 5 heteroatoms. The number of hydrogen-bond acceptors (Lipinski definition) is 4. The summed E-state index contributed by atoms with van der Waals surface area (Å²) in [7, 11) is 0. The van der Waals surface area contributed by atoms with Crippen molar-refractivity contribution in [2.75, 3.05) is 18.4 Å². The smallest absolute Gasteiger partial charge is 0.204 e. The van der Waals surface area contributed by atoms with Gasteiger partial charge in [-0.2, -0.15) is 0 Å². The van der Waals surface area contributed by atoms with E-state index in [1.165, 1.54) is 22.4 Å². The number of aromatic nitrogens is 2. The normalized spacial score (nSPS) is 14.6. The molecule has 0 atom stereocenters. The Labute approximate surface area is 163 Å². The lowest BCUT2D eigenvalue weighted by Crippen LogP contribution is -2.25. The highest BCUT2D eigenvalue weighted by atomic mass is 15.2. The van der Waals surface area contributed by atoms with Crippen molar-refractivity contribution in [2.24, 2.45) is 4.99 Å². The minimum atomic E-state index is 0.527. The molecule has 2 N–H and O–H groups in total. The molecule has 27 heavy (non-hydrogen) atoms. The highest BCUT2D eigenvalue weighted by Gasteiger charge is 2.15. The van der Waals surface area contributed by atoms with Crippen molar-refractivity contribution >= 4 is 22.7 Å². The third kappa shape index (κ3) is 4.98. The van der Waals surface area contributed by atoms with Crippen LogP contribution in [0.15, 0.2) is 28.9 Å². The Morgan fingerprint density at radius 1 is 1.15 bits per heavy atom. The van der Waals surface area contributed by atoms with Gasteiger partial charge in [0.2, 0.25) is 5.95 Å². The van der Waals surface area contributed by atoms with Gasteiger partial charge in [-0.1, -0.05) is 26.0 Å². The van der Waals surface area contributed by atoms with Crippen molar-refractivity contribution in [3.63, 3.8) is 0 Å². The summed E-state index contributed by atoms with van der Waals surface area (Å²) in [4.78, 5) is 9.70. The zero-order valence-electron chi connectivity index (χ0n) is 17.4. The van der Waals surface area contributed by atoms with E-state index in [-0.39, 0.29) is 0 Å². The Balaban J connectivity index is 1.85. The Morgan fingerprint density at radius 2 is 1.96 bits per heavy atom. The number of imidazole rings is 1. The fourth-order valence-corrected chi connectivity index (χ4v) is 3.60. The number of anilines is 1. The first-order valence-corrected chi connectivity index (χ1v) is 10.1. The lowest BCUT2D eigenvalue weighted by atomic mass is 10.1. The van der Waals surface area contributed by atoms with Gasteiger partial charge in [-0.05, 0) is 63.8 Å². The third-order valence-corrected chi connectivity index (χ3v) is 4.92. The quantitative estimate of drug-likeness (QED) is 0.671. The van der Waals surface area contributed by atoms with Gasteiger partial charge in [-0.15, -0.1) is 0 Å². The van der Waals surface area contributed by atoms with Gasteiger partial charge in [0.15, 0.2) is 0 Å². The lowest BCUT2D eigenvalue weighted by Gasteiger charge is -2.15. The zero-order valence-corrected chi connectivity index (χ0v) is 17.4. The molecule has 1 aliphatic heterocycles. The summed E-state index contributed by atoms with van der Waals surface area (Å²) in [5.74, 6) is 0.947. The van der Waals surface area contributed by atoms with Gasteiger partial charge in [0.05, 0.1) is 23.3 Å². The maximum absolute atomic E-state index is 4.93. The van der Waals surface area contributed by atoms with Gasteiger partial charge in [0.1, 0.15) is 0 Å². The molecule has 0 unspecified atom stereocenters. The molecule has 2 heterocycles. The van der Waals surface area contributed by atoms with Crippen molar-refractivity contribution < 1.29 is 0 Å².